The molecular weight excluding hydrogens is 386 g/mol. The van der Waals surface area contributed by atoms with Crippen LogP contribution in [0, 0.1) is 0 Å². The summed E-state index contributed by atoms with van der Waals surface area (Å²) in [6.45, 7) is 3.40. The van der Waals surface area contributed by atoms with E-state index in [1.165, 1.54) is 44.0 Å². The number of carbonyl (C=O) groups excluding carboxylic acids is 1. The normalized spacial score (nSPS) is 15.3. The predicted molar refractivity (Wildman–Crippen MR) is 125 cm³/mol. The van der Waals surface area contributed by atoms with Crippen molar-refractivity contribution in [2.45, 2.75) is 63.6 Å². The molecule has 0 atom stereocenters. The van der Waals surface area contributed by atoms with Crippen molar-refractivity contribution >= 4 is 5.97 Å². The maximum atomic E-state index is 11.1. The fourth-order valence-corrected chi connectivity index (χ4v) is 4.30. The number of nitrogens with zero attached hydrogens (tertiary/aromatic N) is 1. The lowest BCUT2D eigenvalue weighted by atomic mass is 10.00. The largest absolute Gasteiger partial charge is 0.469 e. The van der Waals surface area contributed by atoms with Crippen molar-refractivity contribution in [3.63, 3.8) is 0 Å². The number of piperidine rings is 1. The molecule has 2 aromatic rings. The number of ether oxygens (including phenoxy) is 2. The van der Waals surface area contributed by atoms with Crippen molar-refractivity contribution < 1.29 is 14.3 Å². The van der Waals surface area contributed by atoms with E-state index in [4.69, 9.17) is 4.74 Å². The highest BCUT2D eigenvalue weighted by Gasteiger charge is 2.24. The van der Waals surface area contributed by atoms with Gasteiger partial charge in [-0.3, -0.25) is 4.79 Å². The molecule has 4 heteroatoms. The number of unbranched alkanes of at least 4 members (excludes halogenated alkanes) is 4. The molecule has 0 N–H and O–H groups in total. The van der Waals surface area contributed by atoms with Crippen LogP contribution in [0.1, 0.15) is 68.6 Å². The summed E-state index contributed by atoms with van der Waals surface area (Å²) in [6.07, 6.45) is 8.78. The van der Waals surface area contributed by atoms with E-state index in [2.05, 4.69) is 70.3 Å². The van der Waals surface area contributed by atoms with Gasteiger partial charge < -0.3 is 14.4 Å². The molecule has 168 valence electrons. The van der Waals surface area contributed by atoms with Crippen molar-refractivity contribution in [3.05, 3.63) is 71.8 Å². The van der Waals surface area contributed by atoms with E-state index in [0.29, 0.717) is 12.5 Å². The molecule has 1 fully saturated rings. The van der Waals surface area contributed by atoms with Crippen LogP contribution in [-0.2, 0) is 14.3 Å². The predicted octanol–water partition coefficient (Wildman–Crippen LogP) is 5.77. The van der Waals surface area contributed by atoms with E-state index < -0.39 is 0 Å². The standard InChI is InChI=1S/C27H37NO3/c1-30-26(29)17-11-3-2-4-12-20-28-21-18-25(19-22-28)31-27(23-13-7-5-8-14-23)24-15-9-6-10-16-24/h5-10,13-16,25,27H,2-4,11-12,17-22H2,1H3. The van der Waals surface area contributed by atoms with Gasteiger partial charge in [0.15, 0.2) is 0 Å². The molecule has 0 bridgehead atoms. The molecule has 1 heterocycles. The van der Waals surface area contributed by atoms with Gasteiger partial charge >= 0.3 is 5.97 Å². The smallest absolute Gasteiger partial charge is 0.305 e. The first kappa shape index (κ1) is 23.5. The van der Waals surface area contributed by atoms with Gasteiger partial charge in [0.1, 0.15) is 6.10 Å². The van der Waals surface area contributed by atoms with Gasteiger partial charge in [-0.05, 0) is 43.4 Å². The Hall–Kier alpha value is -2.17. The number of hydrogen-bond acceptors (Lipinski definition) is 4. The van der Waals surface area contributed by atoms with Crippen LogP contribution < -0.4 is 0 Å². The lowest BCUT2D eigenvalue weighted by Gasteiger charge is -2.34. The average molecular weight is 424 g/mol. The minimum atomic E-state index is -0.0909. The summed E-state index contributed by atoms with van der Waals surface area (Å²) in [5, 5.41) is 0. The Morgan fingerprint density at radius 1 is 0.871 bits per heavy atom. The highest BCUT2D eigenvalue weighted by Crippen LogP contribution is 2.30. The summed E-state index contributed by atoms with van der Waals surface area (Å²) in [5.41, 5.74) is 2.45. The second-order valence-corrected chi connectivity index (χ2v) is 8.47. The number of methoxy groups -OCH3 is 1. The van der Waals surface area contributed by atoms with Crippen molar-refractivity contribution in [2.24, 2.45) is 0 Å². The third-order valence-corrected chi connectivity index (χ3v) is 6.15. The molecule has 3 rings (SSSR count). The molecule has 0 radical (unpaired) electrons. The second-order valence-electron chi connectivity index (χ2n) is 8.47. The fraction of sp³-hybridized carbons (Fsp3) is 0.519. The molecule has 0 aliphatic carbocycles. The van der Waals surface area contributed by atoms with Gasteiger partial charge in [-0.25, -0.2) is 0 Å². The molecule has 0 amide bonds. The number of rotatable bonds is 12. The zero-order valence-electron chi connectivity index (χ0n) is 18.9. The molecule has 4 nitrogen and oxygen atoms in total. The Morgan fingerprint density at radius 2 is 1.42 bits per heavy atom. The molecule has 0 saturated carbocycles. The third-order valence-electron chi connectivity index (χ3n) is 6.15. The Labute approximate surface area is 187 Å². The van der Waals surface area contributed by atoms with Gasteiger partial charge in [0.25, 0.3) is 0 Å². The van der Waals surface area contributed by atoms with Gasteiger partial charge in [-0.2, -0.15) is 0 Å². The van der Waals surface area contributed by atoms with Crippen LogP contribution in [-0.4, -0.2) is 43.7 Å². The van der Waals surface area contributed by atoms with E-state index >= 15 is 0 Å². The van der Waals surface area contributed by atoms with E-state index in [9.17, 15) is 4.79 Å². The van der Waals surface area contributed by atoms with Crippen LogP contribution in [0.15, 0.2) is 60.7 Å². The van der Waals surface area contributed by atoms with Crippen LogP contribution in [0.2, 0.25) is 0 Å². The SMILES string of the molecule is COC(=O)CCCCCCCN1CCC(OC(c2ccccc2)c2ccccc2)CC1. The topological polar surface area (TPSA) is 38.8 Å². The van der Waals surface area contributed by atoms with Crippen LogP contribution in [0.25, 0.3) is 0 Å². The van der Waals surface area contributed by atoms with Gasteiger partial charge in [0.2, 0.25) is 0 Å². The molecule has 31 heavy (non-hydrogen) atoms. The summed E-state index contributed by atoms with van der Waals surface area (Å²) in [6, 6.07) is 21.1. The van der Waals surface area contributed by atoms with Crippen molar-refractivity contribution in [2.75, 3.05) is 26.7 Å². The Morgan fingerprint density at radius 3 is 2.00 bits per heavy atom. The first-order valence-electron chi connectivity index (χ1n) is 11.8. The molecule has 0 spiro atoms. The Bertz CT molecular complexity index is 702. The number of esters is 1. The van der Waals surface area contributed by atoms with Crippen LogP contribution in [0.4, 0.5) is 0 Å². The lowest BCUT2D eigenvalue weighted by Crippen LogP contribution is -2.38. The molecule has 1 saturated heterocycles. The molecule has 2 aromatic carbocycles. The molecule has 0 aromatic heterocycles. The Kier molecular flexibility index (Phi) is 10.1. The monoisotopic (exact) mass is 423 g/mol. The maximum absolute atomic E-state index is 11.1. The first-order valence-corrected chi connectivity index (χ1v) is 11.8. The van der Waals surface area contributed by atoms with Gasteiger partial charge in [0.05, 0.1) is 13.2 Å². The lowest BCUT2D eigenvalue weighted by molar-refractivity contribution is -0.140. The summed E-state index contributed by atoms with van der Waals surface area (Å²) in [4.78, 5) is 13.7. The van der Waals surface area contributed by atoms with E-state index in [-0.39, 0.29) is 12.1 Å². The molecule has 1 aliphatic heterocycles. The highest BCUT2D eigenvalue weighted by atomic mass is 16.5. The van der Waals surface area contributed by atoms with Crippen molar-refractivity contribution in [1.82, 2.24) is 4.90 Å². The van der Waals surface area contributed by atoms with E-state index in [1.807, 2.05) is 0 Å². The van der Waals surface area contributed by atoms with Crippen molar-refractivity contribution in [3.8, 4) is 0 Å². The number of likely N-dealkylation sites (tertiary alicyclic amines) is 1. The first-order chi connectivity index (χ1) is 15.3. The fourth-order valence-electron chi connectivity index (χ4n) is 4.30. The van der Waals surface area contributed by atoms with E-state index in [0.717, 1.165) is 38.8 Å². The van der Waals surface area contributed by atoms with Crippen LogP contribution in [0.3, 0.4) is 0 Å². The minimum Gasteiger partial charge on any atom is -0.469 e. The zero-order valence-corrected chi connectivity index (χ0v) is 18.9. The van der Waals surface area contributed by atoms with Gasteiger partial charge in [-0.1, -0.05) is 79.9 Å². The number of carbonyl (C=O) groups is 1. The Balaban J connectivity index is 1.37. The number of hydrogen-bond donors (Lipinski definition) is 0. The van der Waals surface area contributed by atoms with Gasteiger partial charge in [0, 0.05) is 19.5 Å². The summed E-state index contributed by atoms with van der Waals surface area (Å²) in [5.74, 6) is -0.0909. The third kappa shape index (κ3) is 8.12. The van der Waals surface area contributed by atoms with Crippen LogP contribution >= 0.6 is 0 Å². The molecular formula is C27H37NO3. The zero-order chi connectivity index (χ0) is 21.7. The van der Waals surface area contributed by atoms with Gasteiger partial charge in [-0.15, -0.1) is 0 Å². The van der Waals surface area contributed by atoms with Crippen molar-refractivity contribution in [1.29, 1.82) is 0 Å². The molecule has 0 unspecified atom stereocenters. The quantitative estimate of drug-likeness (QED) is 0.321. The van der Waals surface area contributed by atoms with E-state index in [1.54, 1.807) is 0 Å². The second kappa shape index (κ2) is 13.3. The average Bonchev–Trinajstić information content (AvgIpc) is 2.83. The highest BCUT2D eigenvalue weighted by molar-refractivity contribution is 5.68. The summed E-state index contributed by atoms with van der Waals surface area (Å²) in [7, 11) is 1.46. The number of benzene rings is 2. The minimum absolute atomic E-state index is 0.00365. The summed E-state index contributed by atoms with van der Waals surface area (Å²) < 4.78 is 11.3. The van der Waals surface area contributed by atoms with Crippen LogP contribution in [0.5, 0.6) is 0 Å². The summed E-state index contributed by atoms with van der Waals surface area (Å²) >= 11 is 0. The maximum Gasteiger partial charge on any atom is 0.305 e. The molecule has 1 aliphatic rings.